The number of nitrogens with one attached hydrogen (secondary N) is 1. The predicted molar refractivity (Wildman–Crippen MR) is 67.7 cm³/mol. The zero-order valence-corrected chi connectivity index (χ0v) is 10.9. The molecule has 104 valence electrons. The Balaban J connectivity index is 1.81. The number of aryl methyl sites for hydroxylation is 1. The van der Waals surface area contributed by atoms with Crippen LogP contribution in [0.4, 0.5) is 4.79 Å². The highest BCUT2D eigenvalue weighted by Crippen LogP contribution is 2.17. The largest absolute Gasteiger partial charge is 0.480 e. The minimum Gasteiger partial charge on any atom is -0.480 e. The van der Waals surface area contributed by atoms with Gasteiger partial charge in [0.15, 0.2) is 0 Å². The molecular weight excluding hydrogens is 248 g/mol. The number of carboxylic acids is 1. The molecule has 0 spiro atoms. The fraction of sp³-hybridized carbons (Fsp3) is 0.583. The number of aliphatic carboxylic acids is 1. The van der Waals surface area contributed by atoms with Gasteiger partial charge in [0.2, 0.25) is 0 Å². The lowest BCUT2D eigenvalue weighted by molar-refractivity contribution is -0.141. The van der Waals surface area contributed by atoms with E-state index in [0.717, 1.165) is 12.1 Å². The van der Waals surface area contributed by atoms with E-state index in [1.165, 1.54) is 4.90 Å². The van der Waals surface area contributed by atoms with Crippen molar-refractivity contribution < 1.29 is 14.7 Å². The van der Waals surface area contributed by atoms with Crippen LogP contribution in [0.3, 0.4) is 0 Å². The topological polar surface area (TPSA) is 87.5 Å². The van der Waals surface area contributed by atoms with Crippen LogP contribution in [0.25, 0.3) is 0 Å². The normalized spacial score (nSPS) is 18.6. The third-order valence-electron chi connectivity index (χ3n) is 3.38. The number of urea groups is 1. The molecule has 1 aromatic rings. The maximum absolute atomic E-state index is 11.9. The number of aromatic nitrogens is 2. The van der Waals surface area contributed by atoms with Crippen LogP contribution in [-0.2, 0) is 18.3 Å². The first-order valence-corrected chi connectivity index (χ1v) is 6.33. The summed E-state index contributed by atoms with van der Waals surface area (Å²) in [5.41, 5.74) is 1.02. The number of rotatable bonds is 4. The molecule has 2 amide bonds. The molecule has 0 radical (unpaired) electrons. The number of carbonyl (C=O) groups is 2. The van der Waals surface area contributed by atoms with Gasteiger partial charge in [-0.25, -0.2) is 9.59 Å². The molecule has 1 fully saturated rings. The highest BCUT2D eigenvalue weighted by Gasteiger charge is 2.33. The molecule has 1 aromatic heterocycles. The second-order valence-electron chi connectivity index (χ2n) is 4.62. The molecular formula is C12H18N4O3. The Bertz CT molecular complexity index is 471. The van der Waals surface area contributed by atoms with Crippen molar-refractivity contribution in [2.24, 2.45) is 7.05 Å². The van der Waals surface area contributed by atoms with Crippen molar-refractivity contribution in [2.75, 3.05) is 13.1 Å². The van der Waals surface area contributed by atoms with Gasteiger partial charge in [0.25, 0.3) is 0 Å². The summed E-state index contributed by atoms with van der Waals surface area (Å²) in [5.74, 6) is -0.931. The molecule has 19 heavy (non-hydrogen) atoms. The van der Waals surface area contributed by atoms with Gasteiger partial charge in [-0.15, -0.1) is 0 Å². The molecule has 0 aromatic carbocycles. The monoisotopic (exact) mass is 266 g/mol. The van der Waals surface area contributed by atoms with E-state index in [2.05, 4.69) is 10.4 Å². The number of carboxylic acid groups (broad SMARTS) is 1. The maximum atomic E-state index is 11.9. The lowest BCUT2D eigenvalue weighted by atomic mass is 10.2. The lowest BCUT2D eigenvalue weighted by Gasteiger charge is -2.21. The molecule has 1 saturated heterocycles. The van der Waals surface area contributed by atoms with E-state index in [1.54, 1.807) is 10.9 Å². The van der Waals surface area contributed by atoms with Crippen LogP contribution in [0, 0.1) is 0 Å². The Hall–Kier alpha value is -2.05. The van der Waals surface area contributed by atoms with Crippen molar-refractivity contribution in [3.63, 3.8) is 0 Å². The Morgan fingerprint density at radius 3 is 3.00 bits per heavy atom. The van der Waals surface area contributed by atoms with Crippen molar-refractivity contribution in [1.82, 2.24) is 20.0 Å². The Labute approximate surface area is 111 Å². The summed E-state index contributed by atoms with van der Waals surface area (Å²) in [5, 5.41) is 15.8. The number of hydrogen-bond acceptors (Lipinski definition) is 3. The summed E-state index contributed by atoms with van der Waals surface area (Å²) in [6.07, 6.45) is 3.66. The van der Waals surface area contributed by atoms with E-state index < -0.39 is 12.0 Å². The van der Waals surface area contributed by atoms with Crippen LogP contribution in [0.5, 0.6) is 0 Å². The van der Waals surface area contributed by atoms with Crippen LogP contribution in [0.2, 0.25) is 0 Å². The molecule has 2 rings (SSSR count). The second kappa shape index (κ2) is 5.73. The summed E-state index contributed by atoms with van der Waals surface area (Å²) >= 11 is 0. The summed E-state index contributed by atoms with van der Waals surface area (Å²) < 4.78 is 1.75. The quantitative estimate of drug-likeness (QED) is 0.816. The Morgan fingerprint density at radius 1 is 1.58 bits per heavy atom. The van der Waals surface area contributed by atoms with Crippen molar-refractivity contribution in [3.8, 4) is 0 Å². The minimum atomic E-state index is -0.931. The summed E-state index contributed by atoms with van der Waals surface area (Å²) in [4.78, 5) is 24.3. The number of hydrogen-bond donors (Lipinski definition) is 2. The van der Waals surface area contributed by atoms with Gasteiger partial charge in [0.05, 0.1) is 0 Å². The SMILES string of the molecule is Cn1nccc1CCNC(=O)N1CCC[C@H]1C(=O)O. The average Bonchev–Trinajstić information content (AvgIpc) is 2.98. The van der Waals surface area contributed by atoms with Gasteiger partial charge in [-0.05, 0) is 18.9 Å². The molecule has 2 heterocycles. The first kappa shape index (κ1) is 13.4. The standard InChI is InChI=1S/C12H18N4O3/c1-15-9(5-7-14-15)4-6-13-12(19)16-8-2-3-10(16)11(17)18/h5,7,10H,2-4,6,8H2,1H3,(H,13,19)(H,17,18)/t10-/m0/s1. The molecule has 0 unspecified atom stereocenters. The first-order valence-electron chi connectivity index (χ1n) is 6.33. The van der Waals surface area contributed by atoms with Crippen molar-refractivity contribution in [3.05, 3.63) is 18.0 Å². The van der Waals surface area contributed by atoms with Gasteiger partial charge in [0.1, 0.15) is 6.04 Å². The maximum Gasteiger partial charge on any atom is 0.326 e. The van der Waals surface area contributed by atoms with Crippen LogP contribution >= 0.6 is 0 Å². The van der Waals surface area contributed by atoms with E-state index in [9.17, 15) is 9.59 Å². The van der Waals surface area contributed by atoms with Gasteiger partial charge in [-0.2, -0.15) is 5.10 Å². The third kappa shape index (κ3) is 3.04. The highest BCUT2D eigenvalue weighted by atomic mass is 16.4. The van der Waals surface area contributed by atoms with E-state index in [-0.39, 0.29) is 6.03 Å². The minimum absolute atomic E-state index is 0.299. The van der Waals surface area contributed by atoms with E-state index >= 15 is 0 Å². The molecule has 2 N–H and O–H groups in total. The molecule has 1 atom stereocenters. The van der Waals surface area contributed by atoms with Gasteiger partial charge in [-0.3, -0.25) is 4.68 Å². The lowest BCUT2D eigenvalue weighted by Crippen LogP contribution is -2.46. The van der Waals surface area contributed by atoms with E-state index in [4.69, 9.17) is 5.11 Å². The number of carbonyl (C=O) groups excluding carboxylic acids is 1. The fourth-order valence-electron chi connectivity index (χ4n) is 2.31. The molecule has 7 nitrogen and oxygen atoms in total. The summed E-state index contributed by atoms with van der Waals surface area (Å²) in [6.45, 7) is 0.982. The van der Waals surface area contributed by atoms with Crippen LogP contribution in [0.15, 0.2) is 12.3 Å². The summed E-state index contributed by atoms with van der Waals surface area (Å²) in [6, 6.07) is 0.908. The number of nitrogens with zero attached hydrogens (tertiary/aromatic N) is 3. The number of likely N-dealkylation sites (tertiary alicyclic amines) is 1. The van der Waals surface area contributed by atoms with Gasteiger partial charge in [0, 0.05) is 38.4 Å². The Morgan fingerprint density at radius 2 is 2.37 bits per heavy atom. The zero-order valence-electron chi connectivity index (χ0n) is 10.9. The first-order chi connectivity index (χ1) is 9.09. The number of amides is 2. The van der Waals surface area contributed by atoms with Gasteiger partial charge in [-0.1, -0.05) is 0 Å². The van der Waals surface area contributed by atoms with Crippen LogP contribution < -0.4 is 5.32 Å². The second-order valence-corrected chi connectivity index (χ2v) is 4.62. The molecule has 1 aliphatic heterocycles. The predicted octanol–water partition coefficient (Wildman–Crippen LogP) is 0.221. The van der Waals surface area contributed by atoms with E-state index in [1.807, 2.05) is 13.1 Å². The van der Waals surface area contributed by atoms with Crippen LogP contribution in [-0.4, -0.2) is 50.9 Å². The third-order valence-corrected chi connectivity index (χ3v) is 3.38. The van der Waals surface area contributed by atoms with E-state index in [0.29, 0.717) is 25.9 Å². The molecule has 0 bridgehead atoms. The van der Waals surface area contributed by atoms with Crippen LogP contribution in [0.1, 0.15) is 18.5 Å². The molecule has 0 aliphatic carbocycles. The van der Waals surface area contributed by atoms with Gasteiger partial charge < -0.3 is 15.3 Å². The van der Waals surface area contributed by atoms with Crippen molar-refractivity contribution in [2.45, 2.75) is 25.3 Å². The molecule has 7 heteroatoms. The summed E-state index contributed by atoms with van der Waals surface area (Å²) in [7, 11) is 1.85. The average molecular weight is 266 g/mol. The van der Waals surface area contributed by atoms with Crippen molar-refractivity contribution >= 4 is 12.0 Å². The fourth-order valence-corrected chi connectivity index (χ4v) is 2.31. The zero-order chi connectivity index (χ0) is 13.8. The Kier molecular flexibility index (Phi) is 4.03. The van der Waals surface area contributed by atoms with Crippen molar-refractivity contribution in [1.29, 1.82) is 0 Å². The highest BCUT2D eigenvalue weighted by molar-refractivity contribution is 5.83. The molecule has 0 saturated carbocycles. The molecule has 1 aliphatic rings. The van der Waals surface area contributed by atoms with Gasteiger partial charge >= 0.3 is 12.0 Å². The smallest absolute Gasteiger partial charge is 0.326 e.